The van der Waals surface area contributed by atoms with Crippen LogP contribution in [0.1, 0.15) is 26.0 Å². The highest BCUT2D eigenvalue weighted by Crippen LogP contribution is 2.19. The number of H-pyrrole nitrogens is 1. The van der Waals surface area contributed by atoms with Crippen LogP contribution in [0.25, 0.3) is 10.9 Å². The molecule has 1 unspecified atom stereocenters. The van der Waals surface area contributed by atoms with Crippen molar-refractivity contribution in [1.82, 2.24) is 10.3 Å². The Bertz CT molecular complexity index is 706. The van der Waals surface area contributed by atoms with E-state index < -0.39 is 17.9 Å². The molecule has 0 aliphatic heterocycles. The van der Waals surface area contributed by atoms with Crippen LogP contribution in [0.15, 0.2) is 24.3 Å². The number of amides is 2. The van der Waals surface area contributed by atoms with Crippen molar-refractivity contribution in [2.24, 2.45) is 5.92 Å². The van der Waals surface area contributed by atoms with Crippen molar-refractivity contribution in [1.29, 1.82) is 0 Å². The maximum Gasteiger partial charge on any atom is 0.313 e. The first-order chi connectivity index (χ1) is 10.8. The highest BCUT2D eigenvalue weighted by atomic mass is 16.3. The fourth-order valence-electron chi connectivity index (χ4n) is 2.46. The average molecular weight is 317 g/mol. The monoisotopic (exact) mass is 317 g/mol. The number of benzene rings is 1. The molecule has 124 valence electrons. The third-order valence-electron chi connectivity index (χ3n) is 3.46. The summed E-state index contributed by atoms with van der Waals surface area (Å²) in [6.45, 7) is 5.99. The van der Waals surface area contributed by atoms with Crippen molar-refractivity contribution in [3.63, 3.8) is 0 Å². The van der Waals surface area contributed by atoms with Crippen molar-refractivity contribution >= 4 is 28.4 Å². The van der Waals surface area contributed by atoms with Crippen LogP contribution < -0.4 is 10.6 Å². The summed E-state index contributed by atoms with van der Waals surface area (Å²) in [6, 6.07) is 7.35. The van der Waals surface area contributed by atoms with Gasteiger partial charge in [-0.05, 0) is 43.5 Å². The summed E-state index contributed by atoms with van der Waals surface area (Å²) in [7, 11) is 0. The Morgan fingerprint density at radius 2 is 1.96 bits per heavy atom. The first-order valence-corrected chi connectivity index (χ1v) is 7.71. The molecule has 0 aliphatic rings. The van der Waals surface area contributed by atoms with Gasteiger partial charge in [0.25, 0.3) is 0 Å². The molecule has 2 aromatic rings. The topological polar surface area (TPSA) is 94.2 Å². The average Bonchev–Trinajstić information content (AvgIpc) is 2.83. The highest BCUT2D eigenvalue weighted by molar-refractivity contribution is 6.39. The quantitative estimate of drug-likeness (QED) is 0.635. The number of carbonyl (C=O) groups excluding carboxylic acids is 2. The third-order valence-corrected chi connectivity index (χ3v) is 3.46. The first kappa shape index (κ1) is 17.0. The van der Waals surface area contributed by atoms with Gasteiger partial charge in [-0.1, -0.05) is 13.8 Å². The molecule has 1 atom stereocenters. The lowest BCUT2D eigenvalue weighted by Crippen LogP contribution is -2.39. The van der Waals surface area contributed by atoms with E-state index >= 15 is 0 Å². The lowest BCUT2D eigenvalue weighted by molar-refractivity contribution is -0.136. The second-order valence-corrected chi connectivity index (χ2v) is 6.20. The van der Waals surface area contributed by atoms with Crippen molar-refractivity contribution in [2.45, 2.75) is 33.3 Å². The Balaban J connectivity index is 1.90. The Hall–Kier alpha value is -2.34. The first-order valence-electron chi connectivity index (χ1n) is 7.71. The Kier molecular flexibility index (Phi) is 5.39. The van der Waals surface area contributed by atoms with Crippen molar-refractivity contribution in [3.8, 4) is 0 Å². The minimum atomic E-state index is -0.752. The second-order valence-electron chi connectivity index (χ2n) is 6.20. The number of carbonyl (C=O) groups is 2. The van der Waals surface area contributed by atoms with Crippen LogP contribution in [0.3, 0.4) is 0 Å². The van der Waals surface area contributed by atoms with Gasteiger partial charge in [0, 0.05) is 28.8 Å². The van der Waals surface area contributed by atoms with Crippen LogP contribution in [0, 0.1) is 12.8 Å². The van der Waals surface area contributed by atoms with Crippen LogP contribution in [0.5, 0.6) is 0 Å². The Labute approximate surface area is 135 Å². The van der Waals surface area contributed by atoms with Crippen molar-refractivity contribution < 1.29 is 14.7 Å². The van der Waals surface area contributed by atoms with Gasteiger partial charge in [0.2, 0.25) is 0 Å². The van der Waals surface area contributed by atoms with Crippen molar-refractivity contribution in [2.75, 3.05) is 11.9 Å². The number of fused-ring (bicyclic) bond motifs is 1. The van der Waals surface area contributed by atoms with E-state index in [0.29, 0.717) is 18.0 Å². The predicted molar refractivity (Wildman–Crippen MR) is 90.1 cm³/mol. The van der Waals surface area contributed by atoms with Gasteiger partial charge in [-0.3, -0.25) is 9.59 Å². The number of nitrogens with one attached hydrogen (secondary N) is 3. The number of hydrogen-bond acceptors (Lipinski definition) is 3. The molecule has 0 bridgehead atoms. The third kappa shape index (κ3) is 4.82. The van der Waals surface area contributed by atoms with Crippen LogP contribution in [0.4, 0.5) is 5.69 Å². The van der Waals surface area contributed by atoms with Crippen LogP contribution in [0.2, 0.25) is 0 Å². The molecule has 0 fully saturated rings. The Morgan fingerprint density at radius 1 is 1.22 bits per heavy atom. The summed E-state index contributed by atoms with van der Waals surface area (Å²) in [6.07, 6.45) is -0.0725. The van der Waals surface area contributed by atoms with Crippen molar-refractivity contribution in [3.05, 3.63) is 30.0 Å². The van der Waals surface area contributed by atoms with E-state index in [1.807, 2.05) is 32.9 Å². The van der Waals surface area contributed by atoms with E-state index in [4.69, 9.17) is 0 Å². The summed E-state index contributed by atoms with van der Waals surface area (Å²) in [5.74, 6) is -1.17. The van der Waals surface area contributed by atoms with E-state index in [2.05, 4.69) is 15.6 Å². The van der Waals surface area contributed by atoms with Crippen LogP contribution in [-0.4, -0.2) is 34.6 Å². The van der Waals surface area contributed by atoms with E-state index in [0.717, 1.165) is 16.6 Å². The number of aromatic amines is 1. The van der Waals surface area contributed by atoms with E-state index in [1.54, 1.807) is 12.1 Å². The number of rotatable bonds is 5. The zero-order chi connectivity index (χ0) is 17.0. The fraction of sp³-hybridized carbons (Fsp3) is 0.412. The molecule has 1 aromatic carbocycles. The van der Waals surface area contributed by atoms with E-state index in [9.17, 15) is 14.7 Å². The van der Waals surface area contributed by atoms with E-state index in [1.165, 1.54) is 0 Å². The molecule has 23 heavy (non-hydrogen) atoms. The minimum Gasteiger partial charge on any atom is -0.391 e. The molecule has 0 saturated carbocycles. The van der Waals surface area contributed by atoms with Gasteiger partial charge in [0.15, 0.2) is 0 Å². The van der Waals surface area contributed by atoms with Gasteiger partial charge in [-0.25, -0.2) is 0 Å². The van der Waals surface area contributed by atoms with Gasteiger partial charge >= 0.3 is 11.8 Å². The summed E-state index contributed by atoms with van der Waals surface area (Å²) in [4.78, 5) is 26.8. The number of aliphatic hydroxyl groups excluding tert-OH is 1. The van der Waals surface area contributed by atoms with Gasteiger partial charge < -0.3 is 20.7 Å². The zero-order valence-corrected chi connectivity index (χ0v) is 13.6. The smallest absolute Gasteiger partial charge is 0.313 e. The predicted octanol–water partition coefficient (Wildman–Crippen LogP) is 1.94. The largest absolute Gasteiger partial charge is 0.391 e. The van der Waals surface area contributed by atoms with E-state index in [-0.39, 0.29) is 6.54 Å². The summed E-state index contributed by atoms with van der Waals surface area (Å²) in [5.41, 5.74) is 2.56. The number of aryl methyl sites for hydroxylation is 1. The maximum atomic E-state index is 11.9. The van der Waals surface area contributed by atoms with Crippen LogP contribution in [-0.2, 0) is 9.59 Å². The molecule has 4 N–H and O–H groups in total. The highest BCUT2D eigenvalue weighted by Gasteiger charge is 2.16. The lowest BCUT2D eigenvalue weighted by atomic mass is 10.1. The maximum absolute atomic E-state index is 11.9. The van der Waals surface area contributed by atoms with Gasteiger partial charge in [0.1, 0.15) is 0 Å². The number of aromatic nitrogens is 1. The molecule has 0 spiro atoms. The molecule has 2 amide bonds. The fourth-order valence-corrected chi connectivity index (χ4v) is 2.46. The van der Waals surface area contributed by atoms with Crippen LogP contribution >= 0.6 is 0 Å². The molecule has 2 rings (SSSR count). The molecular weight excluding hydrogens is 294 g/mol. The SMILES string of the molecule is Cc1cc2cc(NC(=O)C(=O)NCC(O)CC(C)C)ccc2[nH]1. The van der Waals surface area contributed by atoms with Gasteiger partial charge in [-0.2, -0.15) is 0 Å². The Morgan fingerprint density at radius 3 is 2.65 bits per heavy atom. The normalized spacial score (nSPS) is 12.4. The summed E-state index contributed by atoms with van der Waals surface area (Å²) >= 11 is 0. The number of aliphatic hydroxyl groups is 1. The molecule has 1 heterocycles. The molecule has 0 saturated heterocycles. The summed E-state index contributed by atoms with van der Waals surface area (Å²) in [5, 5.41) is 15.7. The second kappa shape index (κ2) is 7.28. The molecule has 6 heteroatoms. The lowest BCUT2D eigenvalue weighted by Gasteiger charge is -2.13. The van der Waals surface area contributed by atoms with Gasteiger partial charge in [-0.15, -0.1) is 0 Å². The van der Waals surface area contributed by atoms with Gasteiger partial charge in [0.05, 0.1) is 6.10 Å². The number of anilines is 1. The molecule has 1 aromatic heterocycles. The molecular formula is C17H23N3O3. The standard InChI is InChI=1S/C17H23N3O3/c1-10(2)6-14(21)9-18-16(22)17(23)20-13-4-5-15-12(8-13)7-11(3)19-15/h4-5,7-8,10,14,19,21H,6,9H2,1-3H3,(H,18,22)(H,20,23). The molecule has 6 nitrogen and oxygen atoms in total. The summed E-state index contributed by atoms with van der Waals surface area (Å²) < 4.78 is 0. The minimum absolute atomic E-state index is 0.0699. The zero-order valence-electron chi connectivity index (χ0n) is 13.6. The molecule has 0 radical (unpaired) electrons. The molecule has 0 aliphatic carbocycles. The number of hydrogen-bond donors (Lipinski definition) is 4.